The summed E-state index contributed by atoms with van der Waals surface area (Å²) in [4.78, 5) is 52.5. The molecular weight excluding hydrogens is 924 g/mol. The van der Waals surface area contributed by atoms with Crippen molar-refractivity contribution in [1.82, 2.24) is 14.9 Å². The lowest BCUT2D eigenvalue weighted by Crippen LogP contribution is -2.45. The highest BCUT2D eigenvalue weighted by molar-refractivity contribution is 6.31. The third-order valence-electron chi connectivity index (χ3n) is 11.3. The topological polar surface area (TPSA) is 234 Å². The lowest BCUT2D eigenvalue weighted by molar-refractivity contribution is -0.118. The molecule has 8 atom stereocenters. The number of nitriles is 1. The van der Waals surface area contributed by atoms with Crippen LogP contribution < -0.4 is 26.4 Å². The Hall–Kier alpha value is -5.75. The number of carboxylic acid groups (broad SMARTS) is 1. The molecule has 4 aromatic rings. The van der Waals surface area contributed by atoms with Crippen molar-refractivity contribution in [2.75, 3.05) is 24.4 Å². The number of hydrogen-bond donors (Lipinski definition) is 6. The maximum Gasteiger partial charge on any atom is 0.412 e. The van der Waals surface area contributed by atoms with E-state index in [1.54, 1.807) is 0 Å². The Kier molecular flexibility index (Phi) is 17.1. The fourth-order valence-electron chi connectivity index (χ4n) is 8.12. The van der Waals surface area contributed by atoms with E-state index in [1.807, 2.05) is 27.7 Å². The summed E-state index contributed by atoms with van der Waals surface area (Å²) in [5, 5.41) is 47.7. The fraction of sp³-hybridized carbons (Fsp3) is 0.435. The highest BCUT2D eigenvalue weighted by Crippen LogP contribution is 2.53. The second-order valence-corrected chi connectivity index (χ2v) is 18.0. The number of halogens is 5. The number of carbonyl (C=O) groups is 3. The van der Waals surface area contributed by atoms with Gasteiger partial charge in [0, 0.05) is 22.5 Å². The number of aromatic nitrogens is 2. The number of amides is 2. The molecule has 2 aliphatic rings. The molecule has 2 amide bonds. The van der Waals surface area contributed by atoms with Gasteiger partial charge >= 0.3 is 17.8 Å². The summed E-state index contributed by atoms with van der Waals surface area (Å²) >= 11 is 12.2. The van der Waals surface area contributed by atoms with Gasteiger partial charge in [0.2, 0.25) is 5.91 Å². The minimum absolute atomic E-state index is 0.0424. The monoisotopic (exact) mass is 974 g/mol. The van der Waals surface area contributed by atoms with E-state index in [9.17, 15) is 44.2 Å². The van der Waals surface area contributed by atoms with E-state index in [4.69, 9.17) is 37.4 Å². The standard InChI is InChI=1S/C31H29Cl2F2N3O4.C15H22FN3O6/c1-30(2,3)14-24-31(15-36,19-10-9-17(32)13-21(19)34)25(18-6-5-7-20(33)26(18)35)27(38-24)28(39)37-22-11-8-16(29(40)41)12-23(22)42-4;1-3-4-5-6-24-15(23)18-12-9(16)7-19(14(22)17-12)13-11(21)10(20)8(2)25-13/h5-13,24-25,27,38H,14H2,1-4H3,(H,37,39)(H,40,41);7-8,10-11,13,20-21H,3-6H2,1-2H3,(H,17,18,22,23)/t24-,25-,27+,31-;8-,10-,11-,13-/m01/s1. The Morgan fingerprint density at radius 2 is 1.75 bits per heavy atom. The quantitative estimate of drug-likeness (QED) is 0.0706. The van der Waals surface area contributed by atoms with Crippen molar-refractivity contribution in [3.63, 3.8) is 0 Å². The average molecular weight is 976 g/mol. The van der Waals surface area contributed by atoms with E-state index in [-0.39, 0.29) is 44.8 Å². The van der Waals surface area contributed by atoms with Gasteiger partial charge in [-0.25, -0.2) is 27.6 Å². The number of nitrogens with zero attached hydrogens (tertiary/aromatic N) is 3. The van der Waals surface area contributed by atoms with Crippen LogP contribution in [0.5, 0.6) is 5.75 Å². The Labute approximate surface area is 394 Å². The number of aromatic carboxylic acids is 1. The van der Waals surface area contributed by atoms with Gasteiger partial charge in [0.1, 0.15) is 35.0 Å². The summed E-state index contributed by atoms with van der Waals surface area (Å²) in [5.74, 6) is -6.23. The third-order valence-corrected chi connectivity index (χ3v) is 11.8. The van der Waals surface area contributed by atoms with Crippen molar-refractivity contribution < 1.29 is 57.1 Å². The van der Waals surface area contributed by atoms with Gasteiger partial charge in [0.05, 0.1) is 54.4 Å². The molecule has 67 heavy (non-hydrogen) atoms. The van der Waals surface area contributed by atoms with Gasteiger partial charge in [-0.15, -0.1) is 0 Å². The first-order chi connectivity index (χ1) is 31.6. The summed E-state index contributed by atoms with van der Waals surface area (Å²) in [5.41, 5.74) is -3.13. The van der Waals surface area contributed by atoms with Crippen LogP contribution in [-0.2, 0) is 19.7 Å². The molecule has 0 bridgehead atoms. The van der Waals surface area contributed by atoms with Crippen LogP contribution in [0, 0.1) is 34.2 Å². The first-order valence-corrected chi connectivity index (χ1v) is 21.9. The molecule has 16 nitrogen and oxygen atoms in total. The first kappa shape index (κ1) is 52.2. The molecular formula is C46H51Cl2F3N6O10. The molecule has 0 spiro atoms. The number of aliphatic hydroxyl groups excluding tert-OH is 2. The van der Waals surface area contributed by atoms with Crippen LogP contribution in [-0.4, -0.2) is 87.0 Å². The van der Waals surface area contributed by atoms with Crippen LogP contribution in [0.25, 0.3) is 0 Å². The number of aliphatic hydroxyl groups is 2. The van der Waals surface area contributed by atoms with Crippen molar-refractivity contribution in [2.24, 2.45) is 5.41 Å². The number of carboxylic acids is 1. The predicted octanol–water partition coefficient (Wildman–Crippen LogP) is 7.70. The molecule has 6 rings (SSSR count). The van der Waals surface area contributed by atoms with Gasteiger partial charge in [0.15, 0.2) is 17.9 Å². The average Bonchev–Trinajstić information content (AvgIpc) is 3.72. The molecule has 0 unspecified atom stereocenters. The smallest absolute Gasteiger partial charge is 0.412 e. The fourth-order valence-corrected chi connectivity index (χ4v) is 8.46. The Morgan fingerprint density at radius 3 is 2.34 bits per heavy atom. The van der Waals surface area contributed by atoms with Crippen LogP contribution in [0.15, 0.2) is 65.6 Å². The van der Waals surface area contributed by atoms with Crippen LogP contribution >= 0.6 is 23.2 Å². The number of rotatable bonds is 13. The number of methoxy groups -OCH3 is 1. The number of hydrogen-bond acceptors (Lipinski definition) is 12. The van der Waals surface area contributed by atoms with E-state index in [0.717, 1.165) is 29.7 Å². The van der Waals surface area contributed by atoms with E-state index >= 15 is 8.78 Å². The maximum absolute atomic E-state index is 15.8. The van der Waals surface area contributed by atoms with Gasteiger partial charge in [-0.05, 0) is 67.1 Å². The SMILES string of the molecule is CCCCCOC(=O)Nc1nc(=O)n([C@@H]2O[C@H](C)[C@@H](O)[C@H]2O)cc1F.COc1cc(C(=O)O)ccc1NC(=O)[C@@H]1N[C@@H](CC(C)(C)C)[C@](C#N)(c2ccc(Cl)cc2F)[C@H]1c1cccc(Cl)c1F. The molecule has 0 radical (unpaired) electrons. The van der Waals surface area contributed by atoms with Crippen molar-refractivity contribution in [2.45, 2.75) is 108 Å². The van der Waals surface area contributed by atoms with Crippen LogP contribution in [0.3, 0.4) is 0 Å². The van der Waals surface area contributed by atoms with Gasteiger partial charge < -0.3 is 40.2 Å². The van der Waals surface area contributed by atoms with Crippen LogP contribution in [0.1, 0.15) is 93.9 Å². The second kappa shape index (κ2) is 21.9. The number of ether oxygens (including phenoxy) is 3. The molecule has 6 N–H and O–H groups in total. The summed E-state index contributed by atoms with van der Waals surface area (Å²) in [6.07, 6.45) is -1.94. The van der Waals surface area contributed by atoms with Crippen molar-refractivity contribution in [3.8, 4) is 11.8 Å². The molecule has 0 saturated carbocycles. The van der Waals surface area contributed by atoms with Gasteiger partial charge in [-0.1, -0.05) is 81.9 Å². The number of unbranched alkanes of at least 4 members (excludes halogenated alkanes) is 2. The maximum atomic E-state index is 15.8. The molecule has 1 aromatic heterocycles. The molecule has 21 heteroatoms. The predicted molar refractivity (Wildman–Crippen MR) is 241 cm³/mol. The Bertz CT molecular complexity index is 2570. The van der Waals surface area contributed by atoms with Gasteiger partial charge in [-0.2, -0.15) is 10.2 Å². The zero-order chi connectivity index (χ0) is 49.5. The van der Waals surface area contributed by atoms with E-state index in [2.05, 4.69) is 27.0 Å². The number of carbonyl (C=O) groups excluding carboxylic acids is 2. The zero-order valence-corrected chi connectivity index (χ0v) is 38.8. The molecule has 3 aromatic carbocycles. The molecule has 2 fully saturated rings. The van der Waals surface area contributed by atoms with Gasteiger partial charge in [0.25, 0.3) is 0 Å². The molecule has 360 valence electrons. The Balaban J connectivity index is 0.000000286. The second-order valence-electron chi connectivity index (χ2n) is 17.2. The summed E-state index contributed by atoms with van der Waals surface area (Å²) in [6, 6.07) is 12.3. The van der Waals surface area contributed by atoms with Crippen molar-refractivity contribution in [3.05, 3.63) is 115 Å². The molecule has 2 saturated heterocycles. The highest BCUT2D eigenvalue weighted by atomic mass is 35.5. The van der Waals surface area contributed by atoms with Crippen LogP contribution in [0.4, 0.5) is 29.5 Å². The lowest BCUT2D eigenvalue weighted by Gasteiger charge is -2.37. The van der Waals surface area contributed by atoms with Crippen molar-refractivity contribution in [1.29, 1.82) is 5.26 Å². The summed E-state index contributed by atoms with van der Waals surface area (Å²) in [6.45, 7) is 9.49. The van der Waals surface area contributed by atoms with E-state index < -0.39 is 100 Å². The molecule has 0 aliphatic carbocycles. The lowest BCUT2D eigenvalue weighted by atomic mass is 9.62. The normalized spacial score (nSPS) is 23.4. The summed E-state index contributed by atoms with van der Waals surface area (Å²) in [7, 11) is 1.32. The molecule has 2 aliphatic heterocycles. The van der Waals surface area contributed by atoms with E-state index in [1.165, 1.54) is 62.6 Å². The number of benzene rings is 3. The number of anilines is 2. The highest BCUT2D eigenvalue weighted by Gasteiger charge is 2.61. The first-order valence-electron chi connectivity index (χ1n) is 21.1. The van der Waals surface area contributed by atoms with Gasteiger partial charge in [-0.3, -0.25) is 14.7 Å². The zero-order valence-electron chi connectivity index (χ0n) is 37.3. The van der Waals surface area contributed by atoms with E-state index in [0.29, 0.717) is 12.8 Å². The minimum Gasteiger partial charge on any atom is -0.495 e. The third kappa shape index (κ3) is 11.7. The summed E-state index contributed by atoms with van der Waals surface area (Å²) < 4.78 is 61.8. The largest absolute Gasteiger partial charge is 0.495 e. The minimum atomic E-state index is -1.78. The molecule has 3 heterocycles. The van der Waals surface area contributed by atoms with Crippen molar-refractivity contribution >= 4 is 52.7 Å². The Morgan fingerprint density at radius 1 is 1.03 bits per heavy atom. The van der Waals surface area contributed by atoms with Crippen LogP contribution in [0.2, 0.25) is 10.0 Å². The number of nitrogens with one attached hydrogen (secondary N) is 3.